The van der Waals surface area contributed by atoms with Gasteiger partial charge in [0.1, 0.15) is 23.0 Å². The summed E-state index contributed by atoms with van der Waals surface area (Å²) in [7, 11) is -2.84. The highest BCUT2D eigenvalue weighted by Crippen LogP contribution is 2.31. The van der Waals surface area contributed by atoms with Gasteiger partial charge in [-0.2, -0.15) is 0 Å². The number of hydrogen-bond donors (Lipinski definition) is 3. The van der Waals surface area contributed by atoms with E-state index in [0.717, 1.165) is 31.7 Å². The molecule has 1 saturated carbocycles. The zero-order valence-corrected chi connectivity index (χ0v) is 24.0. The second-order valence-corrected chi connectivity index (χ2v) is 11.6. The summed E-state index contributed by atoms with van der Waals surface area (Å²) in [5.74, 6) is -0.386. The maximum absolute atomic E-state index is 13.1. The first kappa shape index (κ1) is 31.6. The molecule has 3 N–H and O–H groups in total. The Morgan fingerprint density at radius 1 is 1.09 bits per heavy atom. The first-order valence-corrected chi connectivity index (χ1v) is 14.9. The van der Waals surface area contributed by atoms with Gasteiger partial charge in [-0.05, 0) is 68.0 Å². The minimum atomic E-state index is -4.52. The van der Waals surface area contributed by atoms with Crippen molar-refractivity contribution in [1.29, 1.82) is 0 Å². The monoisotopic (exact) mass is 619 g/mol. The van der Waals surface area contributed by atoms with E-state index in [1.165, 1.54) is 48.7 Å². The molecule has 230 valence electrons. The molecular weight excluding hydrogens is 588 g/mol. The Morgan fingerprint density at radius 3 is 2.49 bits per heavy atom. The lowest BCUT2D eigenvalue weighted by atomic mass is 9.87. The molecule has 1 amide bonds. The summed E-state index contributed by atoms with van der Waals surface area (Å²) in [6, 6.07) is 12.1. The van der Waals surface area contributed by atoms with Crippen LogP contribution in [0.15, 0.2) is 65.7 Å². The third-order valence-corrected chi connectivity index (χ3v) is 8.27. The fourth-order valence-corrected chi connectivity index (χ4v) is 5.62. The predicted molar refractivity (Wildman–Crippen MR) is 154 cm³/mol. The van der Waals surface area contributed by atoms with E-state index in [4.69, 9.17) is 9.47 Å². The van der Waals surface area contributed by atoms with Gasteiger partial charge in [0.05, 0.1) is 34.2 Å². The topological polar surface area (TPSA) is 162 Å². The normalized spacial score (nSPS) is 16.8. The van der Waals surface area contributed by atoms with E-state index >= 15 is 0 Å². The van der Waals surface area contributed by atoms with E-state index in [9.17, 15) is 32.1 Å². The SMILES string of the molecule is COC1CCC(CNc2ccc(S(=O)(=O)NC(=O)c3ccccc3Oc3ccc(NCC(F)F)nc3)cc2[N+](=O)[O-])CC1. The summed E-state index contributed by atoms with van der Waals surface area (Å²) in [6.07, 6.45) is 2.53. The Bertz CT molecular complexity index is 1530. The molecule has 4 rings (SSSR count). The molecule has 15 heteroatoms. The zero-order chi connectivity index (χ0) is 31.0. The van der Waals surface area contributed by atoms with Gasteiger partial charge in [-0.15, -0.1) is 0 Å². The molecule has 1 aromatic heterocycles. The average Bonchev–Trinajstić information content (AvgIpc) is 2.99. The smallest absolute Gasteiger partial charge is 0.293 e. The van der Waals surface area contributed by atoms with Crippen molar-refractivity contribution in [1.82, 2.24) is 9.71 Å². The molecule has 0 aliphatic heterocycles. The number of alkyl halides is 2. The van der Waals surface area contributed by atoms with E-state index in [0.29, 0.717) is 12.5 Å². The van der Waals surface area contributed by atoms with Crippen LogP contribution in [-0.4, -0.2) is 57.0 Å². The molecule has 1 aliphatic rings. The number of carbonyl (C=O) groups excluding carboxylic acids is 1. The van der Waals surface area contributed by atoms with Crippen molar-refractivity contribution in [2.24, 2.45) is 5.92 Å². The number of pyridine rings is 1. The Morgan fingerprint density at radius 2 is 1.84 bits per heavy atom. The van der Waals surface area contributed by atoms with Gasteiger partial charge in [-0.25, -0.2) is 26.9 Å². The maximum atomic E-state index is 13.1. The summed E-state index contributed by atoms with van der Waals surface area (Å²) in [5.41, 5.74) is -0.405. The number of para-hydroxylation sites is 1. The van der Waals surface area contributed by atoms with Crippen LogP contribution in [0.4, 0.5) is 26.0 Å². The van der Waals surface area contributed by atoms with E-state index in [1.807, 2.05) is 4.72 Å². The van der Waals surface area contributed by atoms with Gasteiger partial charge < -0.3 is 20.1 Å². The van der Waals surface area contributed by atoms with Crippen LogP contribution in [-0.2, 0) is 14.8 Å². The number of rotatable bonds is 13. The second kappa shape index (κ2) is 14.2. The lowest BCUT2D eigenvalue weighted by Gasteiger charge is -2.27. The Hall–Kier alpha value is -4.37. The number of halogens is 2. The van der Waals surface area contributed by atoms with E-state index < -0.39 is 44.4 Å². The standard InChI is InChI=1S/C28H31F2N5O7S/c1-41-19-8-6-18(7-9-19)15-31-23-12-11-21(14-24(23)35(37)38)43(39,40)34-28(36)22-4-2-3-5-25(22)42-20-10-13-27(32-16-20)33-17-26(29)30/h2-5,10-14,16,18-19,26,31H,6-9,15,17H2,1H3,(H,32,33)(H,34,36). The fraction of sp³-hybridized carbons (Fsp3) is 0.357. The minimum absolute atomic E-state index is 0.00430. The van der Waals surface area contributed by atoms with Crippen LogP contribution in [0, 0.1) is 16.0 Å². The summed E-state index contributed by atoms with van der Waals surface area (Å²) in [4.78, 5) is 27.6. The largest absolute Gasteiger partial charge is 0.455 e. The Labute approximate surface area is 247 Å². The number of ether oxygens (including phenoxy) is 2. The number of methoxy groups -OCH3 is 1. The number of nitrogens with zero attached hydrogens (tertiary/aromatic N) is 2. The van der Waals surface area contributed by atoms with Crippen molar-refractivity contribution >= 4 is 33.1 Å². The predicted octanol–water partition coefficient (Wildman–Crippen LogP) is 5.19. The number of benzene rings is 2. The second-order valence-electron chi connectivity index (χ2n) is 9.88. The molecule has 12 nitrogen and oxygen atoms in total. The molecule has 0 radical (unpaired) electrons. The van der Waals surface area contributed by atoms with Crippen molar-refractivity contribution < 1.29 is 36.4 Å². The average molecular weight is 620 g/mol. The molecular formula is C28H31F2N5O7S. The van der Waals surface area contributed by atoms with Crippen LogP contribution in [0.5, 0.6) is 11.5 Å². The van der Waals surface area contributed by atoms with Gasteiger partial charge in [-0.1, -0.05) is 12.1 Å². The number of aromatic nitrogens is 1. The molecule has 1 aliphatic carbocycles. The first-order valence-electron chi connectivity index (χ1n) is 13.4. The van der Waals surface area contributed by atoms with Gasteiger partial charge in [0, 0.05) is 19.7 Å². The van der Waals surface area contributed by atoms with E-state index in [-0.39, 0.29) is 34.7 Å². The van der Waals surface area contributed by atoms with Crippen molar-refractivity contribution in [3.63, 3.8) is 0 Å². The lowest BCUT2D eigenvalue weighted by Crippen LogP contribution is -2.31. The molecule has 43 heavy (non-hydrogen) atoms. The van der Waals surface area contributed by atoms with Gasteiger partial charge >= 0.3 is 0 Å². The third kappa shape index (κ3) is 8.58. The van der Waals surface area contributed by atoms with Crippen molar-refractivity contribution in [2.75, 3.05) is 30.8 Å². The first-order chi connectivity index (χ1) is 20.6. The highest BCUT2D eigenvalue weighted by molar-refractivity contribution is 7.90. The van der Waals surface area contributed by atoms with Crippen LogP contribution >= 0.6 is 0 Å². The minimum Gasteiger partial charge on any atom is -0.455 e. The number of sulfonamides is 1. The lowest BCUT2D eigenvalue weighted by molar-refractivity contribution is -0.384. The molecule has 0 saturated heterocycles. The number of nitrogens with one attached hydrogen (secondary N) is 3. The van der Waals surface area contributed by atoms with Gasteiger partial charge in [0.25, 0.3) is 28.0 Å². The van der Waals surface area contributed by atoms with Crippen molar-refractivity contribution in [3.8, 4) is 11.5 Å². The van der Waals surface area contributed by atoms with Crippen LogP contribution in [0.2, 0.25) is 0 Å². The van der Waals surface area contributed by atoms with E-state index in [1.54, 1.807) is 13.2 Å². The summed E-state index contributed by atoms with van der Waals surface area (Å²) >= 11 is 0. The molecule has 0 bridgehead atoms. The molecule has 3 aromatic rings. The Balaban J connectivity index is 1.45. The number of amides is 1. The van der Waals surface area contributed by atoms with Gasteiger partial charge in [0.2, 0.25) is 0 Å². The molecule has 1 heterocycles. The number of hydrogen-bond acceptors (Lipinski definition) is 10. The highest BCUT2D eigenvalue weighted by Gasteiger charge is 2.26. The van der Waals surface area contributed by atoms with Crippen molar-refractivity contribution in [3.05, 3.63) is 76.5 Å². The van der Waals surface area contributed by atoms with E-state index in [2.05, 4.69) is 15.6 Å². The van der Waals surface area contributed by atoms with Gasteiger partial charge in [-0.3, -0.25) is 14.9 Å². The molecule has 0 atom stereocenters. The molecule has 1 fully saturated rings. The molecule has 0 unspecified atom stereocenters. The quantitative estimate of drug-likeness (QED) is 0.171. The number of carbonyl (C=O) groups is 1. The fourth-order valence-electron chi connectivity index (χ4n) is 4.64. The molecule has 0 spiro atoms. The third-order valence-electron chi connectivity index (χ3n) is 6.94. The summed E-state index contributed by atoms with van der Waals surface area (Å²) in [5, 5.41) is 17.3. The molecule has 2 aromatic carbocycles. The number of nitro groups is 1. The van der Waals surface area contributed by atoms with Gasteiger partial charge in [0.15, 0.2) is 0 Å². The van der Waals surface area contributed by atoms with Crippen LogP contribution in [0.1, 0.15) is 36.0 Å². The number of nitro benzene ring substituents is 1. The summed E-state index contributed by atoms with van der Waals surface area (Å²) in [6.45, 7) is -0.0927. The highest BCUT2D eigenvalue weighted by atomic mass is 32.2. The van der Waals surface area contributed by atoms with Crippen LogP contribution < -0.4 is 20.1 Å². The zero-order valence-electron chi connectivity index (χ0n) is 23.2. The van der Waals surface area contributed by atoms with Crippen LogP contribution in [0.25, 0.3) is 0 Å². The Kier molecular flexibility index (Phi) is 10.4. The van der Waals surface area contributed by atoms with Crippen molar-refractivity contribution in [2.45, 2.75) is 43.1 Å². The van der Waals surface area contributed by atoms with Crippen LogP contribution in [0.3, 0.4) is 0 Å². The maximum Gasteiger partial charge on any atom is 0.293 e. The summed E-state index contributed by atoms with van der Waals surface area (Å²) < 4.78 is 63.9. The number of anilines is 2.